The van der Waals surface area contributed by atoms with E-state index < -0.39 is 24.6 Å². The van der Waals surface area contributed by atoms with Gasteiger partial charge in [0.25, 0.3) is 10.0 Å². The molecule has 0 aliphatic heterocycles. The smallest absolute Gasteiger partial charge is 0.273 e. The lowest BCUT2D eigenvalue weighted by molar-refractivity contribution is 0.396. The second kappa shape index (κ2) is 5.84. The van der Waals surface area contributed by atoms with E-state index in [1.54, 1.807) is 13.8 Å². The van der Waals surface area contributed by atoms with Crippen LogP contribution in [0.2, 0.25) is 0 Å². The summed E-state index contributed by atoms with van der Waals surface area (Å²) in [7, 11) is -5.48. The highest BCUT2D eigenvalue weighted by Crippen LogP contribution is 2.15. The largest absolute Gasteiger partial charge is 0.447 e. The molecule has 1 rings (SSSR count). The molecular formula is C11H20N2O5S2. The Balaban J connectivity index is 2.65. The molecule has 0 aliphatic rings. The third-order valence-corrected chi connectivity index (χ3v) is 6.46. The van der Waals surface area contributed by atoms with Crippen molar-refractivity contribution in [2.24, 2.45) is 0 Å². The predicted molar refractivity (Wildman–Crippen MR) is 75.6 cm³/mol. The number of rotatable bonds is 7. The second-order valence-electron chi connectivity index (χ2n) is 5.06. The number of sulfone groups is 1. The Hall–Kier alpha value is -0.900. The average molecular weight is 324 g/mol. The van der Waals surface area contributed by atoms with Gasteiger partial charge in [0, 0.05) is 12.8 Å². The van der Waals surface area contributed by atoms with Crippen molar-refractivity contribution in [2.45, 2.75) is 30.2 Å². The molecule has 0 bridgehead atoms. The maximum atomic E-state index is 11.5. The molecule has 0 amide bonds. The minimum Gasteiger partial charge on any atom is -0.447 e. The molecule has 0 atom stereocenters. The van der Waals surface area contributed by atoms with Crippen molar-refractivity contribution in [3.63, 3.8) is 0 Å². The fourth-order valence-corrected chi connectivity index (χ4v) is 2.35. The van der Waals surface area contributed by atoms with Crippen LogP contribution >= 0.6 is 0 Å². The Morgan fingerprint density at radius 3 is 2.30 bits per heavy atom. The summed E-state index contributed by atoms with van der Waals surface area (Å²) >= 11 is 0. The fraction of sp³-hybridized carbons (Fsp3) is 0.636. The predicted octanol–water partition coefficient (Wildman–Crippen LogP) is 0.101. The van der Waals surface area contributed by atoms with Crippen LogP contribution in [-0.2, 0) is 26.4 Å². The van der Waals surface area contributed by atoms with Gasteiger partial charge in [0.15, 0.2) is 9.84 Å². The lowest BCUT2D eigenvalue weighted by atomic mass is 10.2. The summed E-state index contributed by atoms with van der Waals surface area (Å²) in [5, 5.41) is 2.78. The molecule has 0 aromatic carbocycles. The molecule has 0 saturated heterocycles. The van der Waals surface area contributed by atoms with Crippen LogP contribution in [0.25, 0.3) is 0 Å². The van der Waals surface area contributed by atoms with E-state index in [4.69, 9.17) is 4.42 Å². The van der Waals surface area contributed by atoms with E-state index >= 15 is 0 Å². The quantitative estimate of drug-likeness (QED) is 0.737. The Labute approximate surface area is 119 Å². The van der Waals surface area contributed by atoms with Crippen molar-refractivity contribution in [1.82, 2.24) is 10.0 Å². The highest BCUT2D eigenvalue weighted by Gasteiger charge is 2.29. The van der Waals surface area contributed by atoms with Crippen LogP contribution in [0.15, 0.2) is 21.6 Å². The van der Waals surface area contributed by atoms with Gasteiger partial charge in [0.05, 0.1) is 11.3 Å². The molecular weight excluding hydrogens is 304 g/mol. The lowest BCUT2D eigenvalue weighted by Crippen LogP contribution is -2.41. The first-order valence-electron chi connectivity index (χ1n) is 5.92. The van der Waals surface area contributed by atoms with Gasteiger partial charge in [0.1, 0.15) is 5.76 Å². The van der Waals surface area contributed by atoms with E-state index in [1.165, 1.54) is 25.4 Å². The van der Waals surface area contributed by atoms with Crippen molar-refractivity contribution in [1.29, 1.82) is 0 Å². The van der Waals surface area contributed by atoms with E-state index in [9.17, 15) is 16.8 Å². The first kappa shape index (κ1) is 17.2. The third-order valence-electron chi connectivity index (χ3n) is 3.02. The van der Waals surface area contributed by atoms with Crippen LogP contribution in [0.5, 0.6) is 0 Å². The van der Waals surface area contributed by atoms with Crippen molar-refractivity contribution < 1.29 is 21.3 Å². The number of hydrogen-bond acceptors (Lipinski definition) is 6. The molecule has 7 nitrogen and oxygen atoms in total. The summed E-state index contributed by atoms with van der Waals surface area (Å²) in [4.78, 5) is 0. The van der Waals surface area contributed by atoms with Gasteiger partial charge in [-0.05, 0) is 33.0 Å². The van der Waals surface area contributed by atoms with Crippen LogP contribution in [0.3, 0.4) is 0 Å². The number of furan rings is 1. The fourth-order valence-electron chi connectivity index (χ4n) is 1.32. The Bertz CT molecular complexity index is 659. The maximum Gasteiger partial charge on any atom is 0.273 e. The van der Waals surface area contributed by atoms with Crippen molar-refractivity contribution in [3.8, 4) is 0 Å². The third kappa shape index (κ3) is 4.05. The van der Waals surface area contributed by atoms with Crippen molar-refractivity contribution >= 4 is 19.9 Å². The highest BCUT2D eigenvalue weighted by molar-refractivity contribution is 7.92. The topological polar surface area (TPSA) is 105 Å². The zero-order valence-electron chi connectivity index (χ0n) is 11.9. The number of sulfonamides is 1. The summed E-state index contributed by atoms with van der Waals surface area (Å²) in [5.74, 6) is 0.420. The van der Waals surface area contributed by atoms with Gasteiger partial charge in [-0.2, -0.15) is 0 Å². The summed E-state index contributed by atoms with van der Waals surface area (Å²) in [6.07, 6.45) is 1.18. The molecule has 0 spiro atoms. The zero-order chi connectivity index (χ0) is 15.6. The summed E-state index contributed by atoms with van der Waals surface area (Å²) < 4.78 is 52.4. The van der Waals surface area contributed by atoms with Gasteiger partial charge >= 0.3 is 0 Å². The minimum atomic E-state index is -3.59. The van der Waals surface area contributed by atoms with Gasteiger partial charge in [-0.1, -0.05) is 0 Å². The van der Waals surface area contributed by atoms with Crippen LogP contribution in [0.4, 0.5) is 0 Å². The summed E-state index contributed by atoms with van der Waals surface area (Å²) in [6.45, 7) is 3.72. The molecule has 20 heavy (non-hydrogen) atoms. The van der Waals surface area contributed by atoms with Crippen molar-refractivity contribution in [2.75, 3.05) is 19.8 Å². The van der Waals surface area contributed by atoms with Crippen LogP contribution < -0.4 is 10.0 Å². The Morgan fingerprint density at radius 2 is 1.80 bits per heavy atom. The SMILES string of the molecule is CNS(=O)(=O)c1ccc(CNCC(C)(C)S(C)(=O)=O)o1. The second-order valence-corrected chi connectivity index (χ2v) is 9.53. The lowest BCUT2D eigenvalue weighted by Gasteiger charge is -2.22. The standard InChI is InChI=1S/C11H20N2O5S2/c1-11(2,19(4,14)15)8-13-7-9-5-6-10(18-9)20(16,17)12-3/h5-6,12-13H,7-8H2,1-4H3. The van der Waals surface area contributed by atoms with Crippen LogP contribution in [-0.4, -0.2) is 41.4 Å². The molecule has 2 N–H and O–H groups in total. The van der Waals surface area contributed by atoms with E-state index in [0.717, 1.165) is 0 Å². The minimum absolute atomic E-state index is 0.167. The van der Waals surface area contributed by atoms with E-state index in [0.29, 0.717) is 5.76 Å². The first-order valence-corrected chi connectivity index (χ1v) is 9.30. The molecule has 1 aromatic rings. The first-order chi connectivity index (χ1) is 8.99. The summed E-state index contributed by atoms with van der Waals surface area (Å²) in [5.41, 5.74) is 0. The van der Waals surface area contributed by atoms with Gasteiger partial charge in [0.2, 0.25) is 5.09 Å². The normalized spacial score (nSPS) is 13.6. The van der Waals surface area contributed by atoms with E-state index in [-0.39, 0.29) is 18.2 Å². The molecule has 0 saturated carbocycles. The monoisotopic (exact) mass is 324 g/mol. The zero-order valence-corrected chi connectivity index (χ0v) is 13.6. The Kier molecular flexibility index (Phi) is 5.01. The Morgan fingerprint density at radius 1 is 1.20 bits per heavy atom. The van der Waals surface area contributed by atoms with Gasteiger partial charge in [-0.25, -0.2) is 21.6 Å². The molecule has 1 aromatic heterocycles. The van der Waals surface area contributed by atoms with Gasteiger partial charge < -0.3 is 9.73 Å². The number of hydrogen-bond donors (Lipinski definition) is 2. The summed E-state index contributed by atoms with van der Waals surface area (Å²) in [6, 6.07) is 2.88. The van der Waals surface area contributed by atoms with Crippen molar-refractivity contribution in [3.05, 3.63) is 17.9 Å². The molecule has 9 heteroatoms. The molecule has 116 valence electrons. The molecule has 1 heterocycles. The number of nitrogens with one attached hydrogen (secondary N) is 2. The van der Waals surface area contributed by atoms with E-state index in [1.807, 2.05) is 0 Å². The van der Waals surface area contributed by atoms with Crippen LogP contribution in [0.1, 0.15) is 19.6 Å². The van der Waals surface area contributed by atoms with E-state index in [2.05, 4.69) is 10.0 Å². The van der Waals surface area contributed by atoms with Crippen LogP contribution in [0, 0.1) is 0 Å². The molecule has 0 aliphatic carbocycles. The molecule has 0 fully saturated rings. The molecule has 0 unspecified atom stereocenters. The highest BCUT2D eigenvalue weighted by atomic mass is 32.2. The average Bonchev–Trinajstić information content (AvgIpc) is 2.76. The maximum absolute atomic E-state index is 11.5. The van der Waals surface area contributed by atoms with Gasteiger partial charge in [-0.3, -0.25) is 0 Å². The van der Waals surface area contributed by atoms with Gasteiger partial charge in [-0.15, -0.1) is 0 Å². The molecule has 0 radical (unpaired) electrons.